The third-order valence-electron chi connectivity index (χ3n) is 6.88. The van der Waals surface area contributed by atoms with Crippen LogP contribution in [0.1, 0.15) is 134 Å². The Balaban J connectivity index is 2.12. The molecule has 0 aliphatic carbocycles. The van der Waals surface area contributed by atoms with E-state index in [0.717, 1.165) is 18.4 Å². The van der Waals surface area contributed by atoms with Crippen LogP contribution in [0.4, 0.5) is 4.39 Å². The van der Waals surface area contributed by atoms with E-state index in [1.54, 1.807) is 12.1 Å². The van der Waals surface area contributed by atoms with Crippen molar-refractivity contribution in [2.75, 3.05) is 0 Å². The lowest BCUT2D eigenvalue weighted by Gasteiger charge is -2.20. The molecule has 1 rings (SSSR count). The molecule has 0 bridgehead atoms. The number of hydrogen-bond acceptors (Lipinski definition) is 2. The molecule has 0 aliphatic rings. The summed E-state index contributed by atoms with van der Waals surface area (Å²) in [5, 5.41) is 13.5. The van der Waals surface area contributed by atoms with Gasteiger partial charge in [0.15, 0.2) is 0 Å². The molecule has 2 atom stereocenters. The number of benzene rings is 1. The molecule has 2 N–H and O–H groups in total. The average molecular weight is 524 g/mol. The first kappa shape index (κ1) is 32.6. The highest BCUT2D eigenvalue weighted by Gasteiger charge is 2.17. The second kappa shape index (κ2) is 20.6. The van der Waals surface area contributed by atoms with Gasteiger partial charge in [-0.3, -0.25) is 4.79 Å². The maximum absolute atomic E-state index is 14.2. The first-order valence-corrected chi connectivity index (χ1v) is 14.9. The van der Waals surface area contributed by atoms with E-state index in [-0.39, 0.29) is 10.9 Å². The fourth-order valence-electron chi connectivity index (χ4n) is 4.57. The molecule has 0 aliphatic heterocycles. The number of aliphatic hydroxyl groups is 1. The van der Waals surface area contributed by atoms with Gasteiger partial charge in [0, 0.05) is 12.0 Å². The third-order valence-corrected chi connectivity index (χ3v) is 7.15. The Bertz CT molecular complexity index is 752. The second-order valence-electron chi connectivity index (χ2n) is 10.3. The van der Waals surface area contributed by atoms with Crippen molar-refractivity contribution in [1.82, 2.24) is 5.32 Å². The van der Waals surface area contributed by atoms with Crippen LogP contribution < -0.4 is 5.32 Å². The van der Waals surface area contributed by atoms with Crippen LogP contribution in [-0.2, 0) is 4.79 Å². The lowest BCUT2D eigenvalue weighted by Crippen LogP contribution is -2.42. The van der Waals surface area contributed by atoms with Crippen molar-refractivity contribution in [3.8, 4) is 0 Å². The fourth-order valence-corrected chi connectivity index (χ4v) is 4.86. The lowest BCUT2D eigenvalue weighted by atomic mass is 10.0. The summed E-state index contributed by atoms with van der Waals surface area (Å²) >= 11 is 5.90. The summed E-state index contributed by atoms with van der Waals surface area (Å²) in [5.41, 5.74) is 1.18. The molecule has 0 aromatic heterocycles. The van der Waals surface area contributed by atoms with Crippen molar-refractivity contribution in [2.24, 2.45) is 0 Å². The van der Waals surface area contributed by atoms with Crippen LogP contribution in [0.5, 0.6) is 0 Å². The minimum absolute atomic E-state index is 0.0335. The van der Waals surface area contributed by atoms with Crippen molar-refractivity contribution in [3.05, 3.63) is 40.2 Å². The van der Waals surface area contributed by atoms with Crippen molar-refractivity contribution >= 4 is 23.6 Å². The molecule has 0 unspecified atom stereocenters. The number of halogens is 2. The topological polar surface area (TPSA) is 49.3 Å². The highest BCUT2D eigenvalue weighted by Crippen LogP contribution is 2.22. The highest BCUT2D eigenvalue weighted by atomic mass is 35.5. The van der Waals surface area contributed by atoms with Crippen LogP contribution in [0.25, 0.3) is 6.08 Å². The smallest absolute Gasteiger partial charge is 0.220 e. The standard InChI is InChI=1S/C31H51ClFNO2/c1-4-6-7-8-9-10-11-12-13-14-15-16-17-18-19-20-30(36)34-28(5-2)29(35)22-21-26-23-25(3)24-27(32)31(26)33/h21-24,28-29,35H,4-20H2,1-3H3,(H,34,36)/b22-21-/t28-,29+/m0/s1. The Morgan fingerprint density at radius 3 is 1.92 bits per heavy atom. The van der Waals surface area contributed by atoms with Gasteiger partial charge in [-0.05, 0) is 37.5 Å². The fraction of sp³-hybridized carbons (Fsp3) is 0.710. The van der Waals surface area contributed by atoms with E-state index >= 15 is 0 Å². The first-order chi connectivity index (χ1) is 17.4. The molecule has 36 heavy (non-hydrogen) atoms. The quantitative estimate of drug-likeness (QED) is 0.158. The lowest BCUT2D eigenvalue weighted by molar-refractivity contribution is -0.122. The van der Waals surface area contributed by atoms with E-state index < -0.39 is 18.0 Å². The molecule has 1 aromatic rings. The van der Waals surface area contributed by atoms with Gasteiger partial charge in [-0.2, -0.15) is 0 Å². The number of rotatable bonds is 21. The van der Waals surface area contributed by atoms with E-state index in [0.29, 0.717) is 18.4 Å². The van der Waals surface area contributed by atoms with Gasteiger partial charge in [0.1, 0.15) is 5.82 Å². The van der Waals surface area contributed by atoms with E-state index in [9.17, 15) is 14.3 Å². The summed E-state index contributed by atoms with van der Waals surface area (Å²) in [5.74, 6) is -0.537. The average Bonchev–Trinajstić information content (AvgIpc) is 2.85. The number of aliphatic hydroxyl groups excluding tert-OH is 1. The normalized spacial score (nSPS) is 13.3. The number of carbonyl (C=O) groups is 1. The highest BCUT2D eigenvalue weighted by molar-refractivity contribution is 6.31. The van der Waals surface area contributed by atoms with Crippen molar-refractivity contribution in [2.45, 2.75) is 142 Å². The molecule has 206 valence electrons. The first-order valence-electron chi connectivity index (χ1n) is 14.5. The SMILES string of the molecule is CCCCCCCCCCCCCCCCCC(=O)N[C@@H](CC)[C@H](O)/C=C\c1cc(C)cc(Cl)c1F. The Hall–Kier alpha value is -1.39. The van der Waals surface area contributed by atoms with Crippen LogP contribution in [0, 0.1) is 12.7 Å². The molecular weight excluding hydrogens is 473 g/mol. The number of nitrogens with one attached hydrogen (secondary N) is 1. The van der Waals surface area contributed by atoms with Crippen molar-refractivity contribution < 1.29 is 14.3 Å². The molecule has 0 spiro atoms. The Kier molecular flexibility index (Phi) is 18.7. The minimum atomic E-state index is -0.890. The van der Waals surface area contributed by atoms with Crippen LogP contribution in [0.15, 0.2) is 18.2 Å². The molecule has 0 saturated carbocycles. The maximum Gasteiger partial charge on any atom is 0.220 e. The minimum Gasteiger partial charge on any atom is -0.387 e. The number of unbranched alkanes of at least 4 members (excludes halogenated alkanes) is 14. The summed E-state index contributed by atoms with van der Waals surface area (Å²) in [6.45, 7) is 6.02. The molecule has 0 radical (unpaired) electrons. The van der Waals surface area contributed by atoms with E-state index in [4.69, 9.17) is 11.6 Å². The molecule has 0 fully saturated rings. The van der Waals surface area contributed by atoms with Crippen molar-refractivity contribution in [3.63, 3.8) is 0 Å². The Morgan fingerprint density at radius 1 is 0.917 bits per heavy atom. The summed E-state index contributed by atoms with van der Waals surface area (Å²) < 4.78 is 14.2. The molecule has 1 amide bonds. The van der Waals surface area contributed by atoms with Crippen molar-refractivity contribution in [1.29, 1.82) is 0 Å². The third kappa shape index (κ3) is 15.0. The van der Waals surface area contributed by atoms with Gasteiger partial charge in [0.05, 0.1) is 17.2 Å². The van der Waals surface area contributed by atoms with E-state index in [1.165, 1.54) is 95.6 Å². The van der Waals surface area contributed by atoms with Crippen LogP contribution >= 0.6 is 11.6 Å². The Morgan fingerprint density at radius 2 is 1.42 bits per heavy atom. The largest absolute Gasteiger partial charge is 0.387 e. The molecule has 1 aromatic carbocycles. The van der Waals surface area contributed by atoms with Gasteiger partial charge >= 0.3 is 0 Å². The van der Waals surface area contributed by atoms with E-state index in [2.05, 4.69) is 12.2 Å². The second-order valence-corrected chi connectivity index (χ2v) is 10.7. The van der Waals surface area contributed by atoms with Gasteiger partial charge in [0.2, 0.25) is 5.91 Å². The zero-order chi connectivity index (χ0) is 26.6. The van der Waals surface area contributed by atoms with Gasteiger partial charge in [-0.15, -0.1) is 0 Å². The monoisotopic (exact) mass is 523 g/mol. The van der Waals surface area contributed by atoms with Gasteiger partial charge in [-0.25, -0.2) is 4.39 Å². The van der Waals surface area contributed by atoms with E-state index in [1.807, 2.05) is 13.8 Å². The van der Waals surface area contributed by atoms with Crippen LogP contribution in [0.2, 0.25) is 5.02 Å². The number of amides is 1. The summed E-state index contributed by atoms with van der Waals surface area (Å²) in [4.78, 5) is 12.3. The molecule has 3 nitrogen and oxygen atoms in total. The molecule has 0 heterocycles. The number of carbonyl (C=O) groups excluding carboxylic acids is 1. The Labute approximate surface area is 225 Å². The number of aryl methyl sites for hydroxylation is 1. The molecular formula is C31H51ClFNO2. The van der Waals surface area contributed by atoms with Crippen LogP contribution in [0.3, 0.4) is 0 Å². The predicted octanol–water partition coefficient (Wildman–Crippen LogP) is 9.32. The summed E-state index contributed by atoms with van der Waals surface area (Å²) in [7, 11) is 0. The maximum atomic E-state index is 14.2. The van der Waals surface area contributed by atoms with Crippen LogP contribution in [-0.4, -0.2) is 23.2 Å². The predicted molar refractivity (Wildman–Crippen MR) is 153 cm³/mol. The summed E-state index contributed by atoms with van der Waals surface area (Å²) in [6.07, 6.45) is 22.7. The zero-order valence-electron chi connectivity index (χ0n) is 23.1. The van der Waals surface area contributed by atoms with Gasteiger partial charge in [0.25, 0.3) is 0 Å². The number of hydrogen-bond donors (Lipinski definition) is 2. The van der Waals surface area contributed by atoms with Gasteiger partial charge in [-0.1, -0.05) is 127 Å². The molecule has 5 heteroatoms. The van der Waals surface area contributed by atoms with Gasteiger partial charge < -0.3 is 10.4 Å². The molecule has 0 saturated heterocycles. The summed E-state index contributed by atoms with van der Waals surface area (Å²) in [6, 6.07) is 2.85. The zero-order valence-corrected chi connectivity index (χ0v) is 23.9.